The lowest BCUT2D eigenvalue weighted by atomic mass is 9.74. The molecule has 1 nitrogen and oxygen atoms in total. The second-order valence-corrected chi connectivity index (χ2v) is 4.89. The van der Waals surface area contributed by atoms with Gasteiger partial charge in [-0.05, 0) is 31.5 Å². The molecule has 1 N–H and O–H groups in total. The molecule has 0 bridgehead atoms. The van der Waals surface area contributed by atoms with Crippen LogP contribution in [0.25, 0.3) is 0 Å². The molecule has 1 aliphatic heterocycles. The zero-order valence-electron chi connectivity index (χ0n) is 9.93. The van der Waals surface area contributed by atoms with Gasteiger partial charge in [-0.3, -0.25) is 0 Å². The van der Waals surface area contributed by atoms with Crippen molar-refractivity contribution in [3.63, 3.8) is 0 Å². The Hall–Kier alpha value is -1.03. The van der Waals surface area contributed by atoms with Crippen LogP contribution < -0.4 is 5.32 Å². The Morgan fingerprint density at radius 3 is 2.47 bits per heavy atom. The Bertz CT molecular complexity index is 413. The zero-order valence-corrected chi connectivity index (χ0v) is 9.93. The highest BCUT2D eigenvalue weighted by Gasteiger charge is 2.43. The van der Waals surface area contributed by atoms with Gasteiger partial charge in [-0.15, -0.1) is 0 Å². The van der Waals surface area contributed by atoms with Crippen molar-refractivity contribution in [1.29, 1.82) is 0 Å². The second-order valence-electron chi connectivity index (χ2n) is 4.89. The summed E-state index contributed by atoms with van der Waals surface area (Å²) in [5, 5.41) is 3.22. The minimum atomic E-state index is -4.28. The van der Waals surface area contributed by atoms with Gasteiger partial charge in [0.15, 0.2) is 0 Å². The van der Waals surface area contributed by atoms with Crippen LogP contribution in [0.3, 0.4) is 0 Å². The van der Waals surface area contributed by atoms with Gasteiger partial charge in [-0.2, -0.15) is 13.2 Å². The van der Waals surface area contributed by atoms with Gasteiger partial charge in [0.1, 0.15) is 0 Å². The van der Waals surface area contributed by atoms with Gasteiger partial charge in [0.05, 0.1) is 5.56 Å². The molecule has 0 spiro atoms. The van der Waals surface area contributed by atoms with E-state index in [-0.39, 0.29) is 6.04 Å². The van der Waals surface area contributed by atoms with Crippen molar-refractivity contribution in [3.8, 4) is 0 Å². The van der Waals surface area contributed by atoms with E-state index >= 15 is 0 Å². The summed E-state index contributed by atoms with van der Waals surface area (Å²) in [5.74, 6) is 0. The molecule has 2 atom stereocenters. The van der Waals surface area contributed by atoms with Crippen LogP contribution in [-0.4, -0.2) is 12.6 Å². The first-order chi connectivity index (χ1) is 7.86. The predicted molar refractivity (Wildman–Crippen MR) is 60.9 cm³/mol. The number of halogens is 3. The van der Waals surface area contributed by atoms with Crippen LogP contribution in [0, 0.1) is 0 Å². The summed E-state index contributed by atoms with van der Waals surface area (Å²) in [6.45, 7) is 4.62. The molecule has 1 heterocycles. The molecule has 0 radical (unpaired) electrons. The largest absolute Gasteiger partial charge is 0.416 e. The van der Waals surface area contributed by atoms with E-state index in [1.807, 2.05) is 13.8 Å². The third-order valence-corrected chi connectivity index (χ3v) is 3.90. The molecule has 1 aromatic carbocycles. The molecule has 4 heteroatoms. The smallest absolute Gasteiger partial charge is 0.313 e. The van der Waals surface area contributed by atoms with Gasteiger partial charge >= 0.3 is 6.18 Å². The molecule has 1 aromatic rings. The van der Waals surface area contributed by atoms with Crippen molar-refractivity contribution >= 4 is 0 Å². The molecular weight excluding hydrogens is 227 g/mol. The third-order valence-electron chi connectivity index (χ3n) is 3.90. The number of rotatable bonds is 1. The average Bonchev–Trinajstić information content (AvgIpc) is 2.59. The van der Waals surface area contributed by atoms with E-state index in [0.29, 0.717) is 5.56 Å². The highest BCUT2D eigenvalue weighted by Crippen LogP contribution is 2.42. The molecule has 0 saturated carbocycles. The molecule has 0 aliphatic carbocycles. The van der Waals surface area contributed by atoms with Gasteiger partial charge in [-0.25, -0.2) is 0 Å². The van der Waals surface area contributed by atoms with Gasteiger partial charge in [-0.1, -0.05) is 25.1 Å². The fraction of sp³-hybridized carbons (Fsp3) is 0.538. The minimum absolute atomic E-state index is 0.0611. The number of hydrogen-bond donors (Lipinski definition) is 1. The van der Waals surface area contributed by atoms with Crippen molar-refractivity contribution in [2.24, 2.45) is 0 Å². The lowest BCUT2D eigenvalue weighted by Crippen LogP contribution is -2.36. The fourth-order valence-electron chi connectivity index (χ4n) is 2.59. The van der Waals surface area contributed by atoms with Crippen molar-refractivity contribution in [2.45, 2.75) is 37.9 Å². The predicted octanol–water partition coefficient (Wildman–Crippen LogP) is 3.34. The van der Waals surface area contributed by atoms with Gasteiger partial charge < -0.3 is 5.32 Å². The summed E-state index contributed by atoms with van der Waals surface area (Å²) >= 11 is 0. The molecule has 0 amide bonds. The van der Waals surface area contributed by atoms with Crippen LogP contribution in [0.5, 0.6) is 0 Å². The van der Waals surface area contributed by atoms with E-state index < -0.39 is 17.2 Å². The maximum Gasteiger partial charge on any atom is 0.416 e. The summed E-state index contributed by atoms with van der Waals surface area (Å²) in [5.41, 5.74) is -0.533. The molecular formula is C13H16F3N. The highest BCUT2D eigenvalue weighted by atomic mass is 19.4. The molecule has 1 fully saturated rings. The van der Waals surface area contributed by atoms with Crippen LogP contribution in [-0.2, 0) is 11.6 Å². The van der Waals surface area contributed by atoms with E-state index in [0.717, 1.165) is 13.0 Å². The first kappa shape index (κ1) is 12.4. The summed E-state index contributed by atoms with van der Waals surface area (Å²) < 4.78 is 38.9. The normalized spacial score (nSPS) is 29.6. The van der Waals surface area contributed by atoms with E-state index in [1.54, 1.807) is 12.1 Å². The number of hydrogen-bond acceptors (Lipinski definition) is 1. The third kappa shape index (κ3) is 2.06. The standard InChI is InChI=1S/C13H16F3N/c1-9-12(2,7-8-17-9)10-5-3-4-6-11(10)13(14,15)16/h3-6,9,17H,7-8H2,1-2H3. The Morgan fingerprint density at radius 2 is 1.94 bits per heavy atom. The van der Waals surface area contributed by atoms with Crippen molar-refractivity contribution in [1.82, 2.24) is 5.32 Å². The van der Waals surface area contributed by atoms with Gasteiger partial charge in [0, 0.05) is 11.5 Å². The number of alkyl halides is 3. The Balaban J connectivity index is 2.52. The first-order valence-corrected chi connectivity index (χ1v) is 5.76. The van der Waals surface area contributed by atoms with E-state index in [1.165, 1.54) is 12.1 Å². The molecule has 94 valence electrons. The molecule has 1 saturated heterocycles. The number of nitrogens with one attached hydrogen (secondary N) is 1. The van der Waals surface area contributed by atoms with Crippen LogP contribution in [0.1, 0.15) is 31.4 Å². The summed E-state index contributed by atoms with van der Waals surface area (Å²) in [7, 11) is 0. The Morgan fingerprint density at radius 1 is 1.29 bits per heavy atom. The quantitative estimate of drug-likeness (QED) is 0.797. The molecule has 17 heavy (non-hydrogen) atoms. The summed E-state index contributed by atoms with van der Waals surface area (Å²) in [6.07, 6.45) is -3.54. The lowest BCUT2D eigenvalue weighted by Gasteiger charge is -2.31. The summed E-state index contributed by atoms with van der Waals surface area (Å²) in [6, 6.07) is 5.97. The molecule has 0 aromatic heterocycles. The van der Waals surface area contributed by atoms with Crippen LogP contribution in [0.15, 0.2) is 24.3 Å². The first-order valence-electron chi connectivity index (χ1n) is 5.76. The van der Waals surface area contributed by atoms with Crippen LogP contribution in [0.4, 0.5) is 13.2 Å². The zero-order chi connectivity index (χ0) is 12.7. The van der Waals surface area contributed by atoms with E-state index in [9.17, 15) is 13.2 Å². The van der Waals surface area contributed by atoms with Crippen molar-refractivity contribution in [3.05, 3.63) is 35.4 Å². The van der Waals surface area contributed by atoms with Crippen LogP contribution >= 0.6 is 0 Å². The topological polar surface area (TPSA) is 12.0 Å². The maximum absolute atomic E-state index is 13.0. The van der Waals surface area contributed by atoms with E-state index in [2.05, 4.69) is 5.32 Å². The highest BCUT2D eigenvalue weighted by molar-refractivity contribution is 5.38. The minimum Gasteiger partial charge on any atom is -0.313 e. The number of benzene rings is 1. The van der Waals surface area contributed by atoms with Gasteiger partial charge in [0.2, 0.25) is 0 Å². The van der Waals surface area contributed by atoms with Gasteiger partial charge in [0.25, 0.3) is 0 Å². The van der Waals surface area contributed by atoms with E-state index in [4.69, 9.17) is 0 Å². The fourth-order valence-corrected chi connectivity index (χ4v) is 2.59. The maximum atomic E-state index is 13.0. The SMILES string of the molecule is CC1NCCC1(C)c1ccccc1C(F)(F)F. The second kappa shape index (κ2) is 4.02. The average molecular weight is 243 g/mol. The monoisotopic (exact) mass is 243 g/mol. The molecule has 2 unspecified atom stereocenters. The molecule has 2 rings (SSSR count). The van der Waals surface area contributed by atoms with Crippen molar-refractivity contribution in [2.75, 3.05) is 6.54 Å². The Kier molecular flexibility index (Phi) is 2.94. The Labute approximate surface area is 99.0 Å². The molecule has 1 aliphatic rings. The summed E-state index contributed by atoms with van der Waals surface area (Å²) in [4.78, 5) is 0. The van der Waals surface area contributed by atoms with Crippen LogP contribution in [0.2, 0.25) is 0 Å². The lowest BCUT2D eigenvalue weighted by molar-refractivity contribution is -0.138. The van der Waals surface area contributed by atoms with Crippen molar-refractivity contribution < 1.29 is 13.2 Å².